The van der Waals surface area contributed by atoms with Crippen molar-refractivity contribution in [3.63, 3.8) is 0 Å². The number of pyridine rings is 1. The Morgan fingerprint density at radius 1 is 1.26 bits per heavy atom. The molecule has 3 rings (SSSR count). The second kappa shape index (κ2) is 5.65. The van der Waals surface area contributed by atoms with Crippen LogP contribution in [0.4, 0.5) is 5.69 Å². The Hall–Kier alpha value is -3.00. The number of nitrogens with zero attached hydrogens (tertiary/aromatic N) is 3. The average molecular weight is 306 g/mol. The second-order valence-corrected chi connectivity index (χ2v) is 5.75. The minimum absolute atomic E-state index is 0.143. The number of aryl methyl sites for hydroxylation is 1. The van der Waals surface area contributed by atoms with E-state index in [1.54, 1.807) is 0 Å². The fraction of sp³-hybridized carbons (Fsp3) is 0.222. The maximum Gasteiger partial charge on any atom is 0.205 e. The van der Waals surface area contributed by atoms with Crippen molar-refractivity contribution in [3.8, 4) is 11.8 Å². The summed E-state index contributed by atoms with van der Waals surface area (Å²) in [5, 5.41) is 9.53. The molecule has 0 fully saturated rings. The number of allylic oxidation sites excluding steroid dienone is 1. The molecule has 23 heavy (non-hydrogen) atoms. The van der Waals surface area contributed by atoms with Crippen molar-refractivity contribution in [1.82, 2.24) is 4.98 Å². The molecular weight excluding hydrogens is 288 g/mol. The standard InChI is InChI=1S/C18H18N4O/c1-11-5-4-6-15(21-11)17-13-8-7-12(22(2)3)9-16(13)23-18(20)14(17)10-19/h4-9,17H,20H2,1-3H3. The number of aromatic nitrogens is 1. The lowest BCUT2D eigenvalue weighted by Gasteiger charge is -2.27. The van der Waals surface area contributed by atoms with Crippen LogP contribution in [-0.2, 0) is 0 Å². The van der Waals surface area contributed by atoms with Crippen molar-refractivity contribution >= 4 is 5.69 Å². The van der Waals surface area contributed by atoms with E-state index >= 15 is 0 Å². The van der Waals surface area contributed by atoms with E-state index in [1.165, 1.54) is 0 Å². The van der Waals surface area contributed by atoms with Gasteiger partial charge in [-0.15, -0.1) is 0 Å². The Bertz CT molecular complexity index is 833. The Morgan fingerprint density at radius 3 is 2.70 bits per heavy atom. The van der Waals surface area contributed by atoms with Crippen molar-refractivity contribution in [2.24, 2.45) is 5.73 Å². The summed E-state index contributed by atoms with van der Waals surface area (Å²) in [4.78, 5) is 6.57. The van der Waals surface area contributed by atoms with Crippen molar-refractivity contribution in [2.45, 2.75) is 12.8 Å². The molecule has 1 aliphatic rings. The Kier molecular flexibility index (Phi) is 3.67. The van der Waals surface area contributed by atoms with E-state index < -0.39 is 0 Å². The van der Waals surface area contributed by atoms with Crippen LogP contribution in [0, 0.1) is 18.3 Å². The van der Waals surface area contributed by atoms with E-state index in [1.807, 2.05) is 62.3 Å². The third kappa shape index (κ3) is 2.59. The van der Waals surface area contributed by atoms with Gasteiger partial charge in [0, 0.05) is 37.1 Å². The van der Waals surface area contributed by atoms with E-state index in [0.717, 1.165) is 22.6 Å². The Morgan fingerprint density at radius 2 is 2.04 bits per heavy atom. The fourth-order valence-corrected chi connectivity index (χ4v) is 2.75. The second-order valence-electron chi connectivity index (χ2n) is 5.75. The molecular formula is C18H18N4O. The van der Waals surface area contributed by atoms with Crippen molar-refractivity contribution in [1.29, 1.82) is 5.26 Å². The van der Waals surface area contributed by atoms with Crippen molar-refractivity contribution in [3.05, 3.63) is 64.8 Å². The number of nitriles is 1. The first kappa shape index (κ1) is 14.9. The number of fused-ring (bicyclic) bond motifs is 1. The Balaban J connectivity index is 2.20. The first-order chi connectivity index (χ1) is 11.0. The maximum atomic E-state index is 9.53. The SMILES string of the molecule is Cc1cccc(C2C(C#N)=C(N)Oc3cc(N(C)C)ccc32)n1. The number of nitrogens with two attached hydrogens (primary N) is 1. The molecule has 0 spiro atoms. The summed E-state index contributed by atoms with van der Waals surface area (Å²) in [6.07, 6.45) is 0. The maximum absolute atomic E-state index is 9.53. The highest BCUT2D eigenvalue weighted by Crippen LogP contribution is 2.42. The van der Waals surface area contributed by atoms with Gasteiger partial charge in [0.25, 0.3) is 0 Å². The highest BCUT2D eigenvalue weighted by atomic mass is 16.5. The zero-order valence-corrected chi connectivity index (χ0v) is 13.4. The molecule has 0 bridgehead atoms. The van der Waals surface area contributed by atoms with Crippen LogP contribution in [-0.4, -0.2) is 19.1 Å². The lowest BCUT2D eigenvalue weighted by Crippen LogP contribution is -2.22. The van der Waals surface area contributed by atoms with E-state index in [2.05, 4.69) is 11.1 Å². The van der Waals surface area contributed by atoms with Crippen LogP contribution < -0.4 is 15.4 Å². The van der Waals surface area contributed by atoms with Gasteiger partial charge in [-0.3, -0.25) is 4.98 Å². The van der Waals surface area contributed by atoms with Gasteiger partial charge in [-0.25, -0.2) is 0 Å². The van der Waals surface area contributed by atoms with Gasteiger partial charge in [-0.1, -0.05) is 12.1 Å². The lowest BCUT2D eigenvalue weighted by molar-refractivity contribution is 0.393. The molecule has 2 aromatic rings. The van der Waals surface area contributed by atoms with Gasteiger partial charge in [-0.2, -0.15) is 5.26 Å². The quantitative estimate of drug-likeness (QED) is 0.923. The predicted molar refractivity (Wildman–Crippen MR) is 89.0 cm³/mol. The van der Waals surface area contributed by atoms with Gasteiger partial charge in [0.2, 0.25) is 5.88 Å². The monoisotopic (exact) mass is 306 g/mol. The van der Waals surface area contributed by atoms with E-state index in [0.29, 0.717) is 11.3 Å². The molecule has 0 saturated heterocycles. The minimum Gasteiger partial charge on any atom is -0.440 e. The third-order valence-electron chi connectivity index (χ3n) is 3.92. The van der Waals surface area contributed by atoms with Gasteiger partial charge in [-0.05, 0) is 25.1 Å². The number of benzene rings is 1. The number of rotatable bonds is 2. The number of ether oxygens (including phenoxy) is 1. The summed E-state index contributed by atoms with van der Waals surface area (Å²) in [6.45, 7) is 1.93. The summed E-state index contributed by atoms with van der Waals surface area (Å²) in [6, 6.07) is 13.9. The molecule has 1 atom stereocenters. The molecule has 0 radical (unpaired) electrons. The van der Waals surface area contributed by atoms with Crippen LogP contribution in [0.5, 0.6) is 5.75 Å². The summed E-state index contributed by atoms with van der Waals surface area (Å²) in [5.41, 5.74) is 9.99. The van der Waals surface area contributed by atoms with Crippen LogP contribution in [0.1, 0.15) is 22.9 Å². The first-order valence-electron chi connectivity index (χ1n) is 7.33. The third-order valence-corrected chi connectivity index (χ3v) is 3.92. The smallest absolute Gasteiger partial charge is 0.205 e. The van der Waals surface area contributed by atoms with E-state index in [4.69, 9.17) is 10.5 Å². The summed E-state index contributed by atoms with van der Waals surface area (Å²) in [5.74, 6) is 0.505. The molecule has 0 amide bonds. The van der Waals surface area contributed by atoms with Crippen molar-refractivity contribution in [2.75, 3.05) is 19.0 Å². The average Bonchev–Trinajstić information content (AvgIpc) is 2.52. The Labute approximate surface area is 135 Å². The predicted octanol–water partition coefficient (Wildman–Crippen LogP) is 2.67. The van der Waals surface area contributed by atoms with Crippen LogP contribution >= 0.6 is 0 Å². The van der Waals surface area contributed by atoms with Crippen molar-refractivity contribution < 1.29 is 4.74 Å². The van der Waals surface area contributed by atoms with Crippen LogP contribution in [0.25, 0.3) is 0 Å². The minimum atomic E-state index is -0.306. The molecule has 1 aliphatic heterocycles. The fourth-order valence-electron chi connectivity index (χ4n) is 2.75. The zero-order chi connectivity index (χ0) is 16.6. The summed E-state index contributed by atoms with van der Waals surface area (Å²) >= 11 is 0. The molecule has 0 aliphatic carbocycles. The molecule has 5 nitrogen and oxygen atoms in total. The highest BCUT2D eigenvalue weighted by molar-refractivity contribution is 5.60. The van der Waals surface area contributed by atoms with E-state index in [9.17, 15) is 5.26 Å². The molecule has 2 N–H and O–H groups in total. The molecule has 2 heterocycles. The normalized spacial score (nSPS) is 16.3. The molecule has 0 saturated carbocycles. The van der Waals surface area contributed by atoms with E-state index in [-0.39, 0.29) is 11.8 Å². The van der Waals surface area contributed by atoms with Gasteiger partial charge in [0.1, 0.15) is 17.4 Å². The zero-order valence-electron chi connectivity index (χ0n) is 13.4. The van der Waals surface area contributed by atoms with Gasteiger partial charge in [0.05, 0.1) is 11.6 Å². The van der Waals surface area contributed by atoms with Crippen LogP contribution in [0.15, 0.2) is 47.9 Å². The molecule has 1 aromatic heterocycles. The first-order valence-corrected chi connectivity index (χ1v) is 7.33. The lowest BCUT2D eigenvalue weighted by atomic mass is 9.86. The van der Waals surface area contributed by atoms with Gasteiger partial charge >= 0.3 is 0 Å². The van der Waals surface area contributed by atoms with Crippen LogP contribution in [0.2, 0.25) is 0 Å². The topological polar surface area (TPSA) is 75.2 Å². The number of hydrogen-bond acceptors (Lipinski definition) is 5. The number of hydrogen-bond donors (Lipinski definition) is 1. The molecule has 116 valence electrons. The van der Waals surface area contributed by atoms with Gasteiger partial charge in [0.15, 0.2) is 0 Å². The molecule has 1 aromatic carbocycles. The summed E-state index contributed by atoms with van der Waals surface area (Å²) in [7, 11) is 3.92. The van der Waals surface area contributed by atoms with Crippen LogP contribution in [0.3, 0.4) is 0 Å². The summed E-state index contributed by atoms with van der Waals surface area (Å²) < 4.78 is 5.69. The highest BCUT2D eigenvalue weighted by Gasteiger charge is 2.31. The molecule has 1 unspecified atom stereocenters. The number of anilines is 1. The largest absolute Gasteiger partial charge is 0.440 e. The molecule has 5 heteroatoms. The van der Waals surface area contributed by atoms with Gasteiger partial charge < -0.3 is 15.4 Å².